The molecule has 7 heteroatoms. The number of carbonyl (C=O) groups is 2. The minimum Gasteiger partial charge on any atom is -0.480 e. The van der Waals surface area contributed by atoms with Gasteiger partial charge in [0.2, 0.25) is 5.91 Å². The summed E-state index contributed by atoms with van der Waals surface area (Å²) in [5, 5.41) is 15.4. The number of aliphatic carboxylic acids is 1. The van der Waals surface area contributed by atoms with Gasteiger partial charge in [-0.05, 0) is 30.6 Å². The number of hydrogen-bond donors (Lipinski definition) is 2. The van der Waals surface area contributed by atoms with Crippen molar-refractivity contribution >= 4 is 29.7 Å². The Bertz CT molecular complexity index is 471. The molecule has 0 aromatic carbocycles. The molecule has 1 heterocycles. The molecule has 0 aliphatic rings. The maximum Gasteiger partial charge on any atom is 0.326 e. The SMILES string of the molecule is CSCCC(NC(=O)/C=C/c1ccnn1C)C(=O)O. The van der Waals surface area contributed by atoms with E-state index in [2.05, 4.69) is 10.4 Å². The highest BCUT2D eigenvalue weighted by Gasteiger charge is 2.17. The predicted molar refractivity (Wildman–Crippen MR) is 74.8 cm³/mol. The van der Waals surface area contributed by atoms with Crippen LogP contribution in [-0.4, -0.2) is 44.8 Å². The van der Waals surface area contributed by atoms with Gasteiger partial charge in [-0.1, -0.05) is 0 Å². The molecule has 0 radical (unpaired) electrons. The van der Waals surface area contributed by atoms with Gasteiger partial charge in [-0.2, -0.15) is 16.9 Å². The topological polar surface area (TPSA) is 84.2 Å². The van der Waals surface area contributed by atoms with Gasteiger partial charge < -0.3 is 10.4 Å². The van der Waals surface area contributed by atoms with E-state index in [1.807, 2.05) is 6.26 Å². The van der Waals surface area contributed by atoms with E-state index in [0.717, 1.165) is 5.69 Å². The third-order valence-corrected chi connectivity index (χ3v) is 3.13. The zero-order valence-electron chi connectivity index (χ0n) is 10.9. The van der Waals surface area contributed by atoms with Crippen molar-refractivity contribution in [3.8, 4) is 0 Å². The molecule has 1 rings (SSSR count). The van der Waals surface area contributed by atoms with E-state index in [4.69, 9.17) is 5.11 Å². The molecule has 104 valence electrons. The van der Waals surface area contributed by atoms with E-state index in [-0.39, 0.29) is 0 Å². The molecule has 1 unspecified atom stereocenters. The number of nitrogens with one attached hydrogen (secondary N) is 1. The van der Waals surface area contributed by atoms with Crippen LogP contribution in [0.1, 0.15) is 12.1 Å². The summed E-state index contributed by atoms with van der Waals surface area (Å²) < 4.78 is 1.62. The zero-order chi connectivity index (χ0) is 14.3. The zero-order valence-corrected chi connectivity index (χ0v) is 11.7. The molecule has 1 atom stereocenters. The average molecular weight is 283 g/mol. The summed E-state index contributed by atoms with van der Waals surface area (Å²) in [6.45, 7) is 0. The fourth-order valence-corrected chi connectivity index (χ4v) is 1.89. The molecular formula is C12H17N3O3S. The molecule has 6 nitrogen and oxygen atoms in total. The van der Waals surface area contributed by atoms with Gasteiger partial charge in [0.15, 0.2) is 0 Å². The summed E-state index contributed by atoms with van der Waals surface area (Å²) in [6, 6.07) is 0.905. The van der Waals surface area contributed by atoms with Crippen molar-refractivity contribution in [2.75, 3.05) is 12.0 Å². The van der Waals surface area contributed by atoms with Crippen LogP contribution in [-0.2, 0) is 16.6 Å². The van der Waals surface area contributed by atoms with Crippen LogP contribution >= 0.6 is 11.8 Å². The smallest absolute Gasteiger partial charge is 0.326 e. The first-order valence-corrected chi connectivity index (χ1v) is 7.12. The van der Waals surface area contributed by atoms with E-state index in [1.165, 1.54) is 6.08 Å². The first-order chi connectivity index (χ1) is 9.04. The maximum absolute atomic E-state index is 11.6. The molecule has 1 aromatic rings. The van der Waals surface area contributed by atoms with Crippen molar-refractivity contribution in [1.29, 1.82) is 0 Å². The number of aryl methyl sites for hydroxylation is 1. The van der Waals surface area contributed by atoms with E-state index in [9.17, 15) is 9.59 Å². The summed E-state index contributed by atoms with van der Waals surface area (Å²) in [7, 11) is 1.76. The van der Waals surface area contributed by atoms with E-state index in [0.29, 0.717) is 12.2 Å². The van der Waals surface area contributed by atoms with E-state index >= 15 is 0 Å². The van der Waals surface area contributed by atoms with Crippen molar-refractivity contribution in [2.45, 2.75) is 12.5 Å². The first kappa shape index (κ1) is 15.3. The van der Waals surface area contributed by atoms with Gasteiger partial charge in [0, 0.05) is 19.3 Å². The quantitative estimate of drug-likeness (QED) is 0.722. The highest BCUT2D eigenvalue weighted by Crippen LogP contribution is 2.02. The van der Waals surface area contributed by atoms with Crippen LogP contribution in [0.4, 0.5) is 0 Å². The molecule has 0 aliphatic heterocycles. The van der Waals surface area contributed by atoms with Crippen LogP contribution in [0, 0.1) is 0 Å². The third kappa shape index (κ3) is 5.17. The molecule has 19 heavy (non-hydrogen) atoms. The number of carbonyl (C=O) groups excluding carboxylic acids is 1. The van der Waals surface area contributed by atoms with E-state index < -0.39 is 17.9 Å². The van der Waals surface area contributed by atoms with Crippen molar-refractivity contribution < 1.29 is 14.7 Å². The van der Waals surface area contributed by atoms with Crippen LogP contribution in [0.25, 0.3) is 6.08 Å². The molecule has 1 aromatic heterocycles. The summed E-state index contributed by atoms with van der Waals surface area (Å²) in [4.78, 5) is 22.6. The Morgan fingerprint density at radius 2 is 2.37 bits per heavy atom. The molecular weight excluding hydrogens is 266 g/mol. The van der Waals surface area contributed by atoms with E-state index in [1.54, 1.807) is 41.8 Å². The molecule has 0 bridgehead atoms. The molecule has 0 saturated carbocycles. The van der Waals surface area contributed by atoms with Crippen molar-refractivity contribution in [1.82, 2.24) is 15.1 Å². The summed E-state index contributed by atoms with van der Waals surface area (Å²) >= 11 is 1.54. The summed E-state index contributed by atoms with van der Waals surface area (Å²) in [5.74, 6) is -0.756. The molecule has 0 spiro atoms. The number of carboxylic acid groups (broad SMARTS) is 1. The highest BCUT2D eigenvalue weighted by molar-refractivity contribution is 7.98. The Labute approximate surface area is 115 Å². The Morgan fingerprint density at radius 1 is 1.63 bits per heavy atom. The standard InChI is InChI=1S/C12H17N3O3S/c1-15-9(5-7-13-15)3-4-11(16)14-10(12(17)18)6-8-19-2/h3-5,7,10H,6,8H2,1-2H3,(H,14,16)(H,17,18)/b4-3+. The second kappa shape index (κ2) is 7.63. The Morgan fingerprint density at radius 3 is 2.89 bits per heavy atom. The monoisotopic (exact) mass is 283 g/mol. The molecule has 1 amide bonds. The lowest BCUT2D eigenvalue weighted by molar-refractivity contribution is -0.141. The average Bonchev–Trinajstić information content (AvgIpc) is 2.77. The lowest BCUT2D eigenvalue weighted by Gasteiger charge is -2.12. The fourth-order valence-electron chi connectivity index (χ4n) is 1.42. The van der Waals surface area contributed by atoms with Gasteiger partial charge in [-0.15, -0.1) is 0 Å². The lowest BCUT2D eigenvalue weighted by Crippen LogP contribution is -2.40. The first-order valence-electron chi connectivity index (χ1n) is 5.73. The number of hydrogen-bond acceptors (Lipinski definition) is 4. The Kier molecular flexibility index (Phi) is 6.14. The Hall–Kier alpha value is -1.76. The summed E-state index contributed by atoms with van der Waals surface area (Å²) in [6.07, 6.45) is 6.82. The number of amides is 1. The minimum atomic E-state index is -1.02. The van der Waals surface area contributed by atoms with Gasteiger partial charge in [0.25, 0.3) is 0 Å². The van der Waals surface area contributed by atoms with Gasteiger partial charge in [-0.3, -0.25) is 9.48 Å². The normalized spacial score (nSPS) is 12.5. The number of rotatable bonds is 7. The van der Waals surface area contributed by atoms with Crippen LogP contribution < -0.4 is 5.32 Å². The largest absolute Gasteiger partial charge is 0.480 e. The van der Waals surface area contributed by atoms with Crippen molar-refractivity contribution in [3.05, 3.63) is 24.0 Å². The molecule has 0 aliphatic carbocycles. The number of aromatic nitrogens is 2. The number of nitrogens with zero attached hydrogens (tertiary/aromatic N) is 2. The van der Waals surface area contributed by atoms with Gasteiger partial charge in [-0.25, -0.2) is 4.79 Å². The van der Waals surface area contributed by atoms with Crippen molar-refractivity contribution in [2.24, 2.45) is 7.05 Å². The van der Waals surface area contributed by atoms with Crippen molar-refractivity contribution in [3.63, 3.8) is 0 Å². The highest BCUT2D eigenvalue weighted by atomic mass is 32.2. The second-order valence-corrected chi connectivity index (χ2v) is 4.88. The molecule has 2 N–H and O–H groups in total. The van der Waals surface area contributed by atoms with Gasteiger partial charge in [0.1, 0.15) is 6.04 Å². The fraction of sp³-hybridized carbons (Fsp3) is 0.417. The predicted octanol–water partition coefficient (Wildman–Crippen LogP) is 0.756. The molecule has 0 fully saturated rings. The lowest BCUT2D eigenvalue weighted by atomic mass is 10.2. The number of thioether (sulfide) groups is 1. The van der Waals surface area contributed by atoms with Crippen LogP contribution in [0.2, 0.25) is 0 Å². The molecule has 0 saturated heterocycles. The number of carboxylic acids is 1. The van der Waals surface area contributed by atoms with Crippen LogP contribution in [0.3, 0.4) is 0 Å². The van der Waals surface area contributed by atoms with Crippen LogP contribution in [0.5, 0.6) is 0 Å². The minimum absolute atomic E-state index is 0.405. The van der Waals surface area contributed by atoms with Gasteiger partial charge in [0.05, 0.1) is 5.69 Å². The Balaban J connectivity index is 2.55. The maximum atomic E-state index is 11.6. The van der Waals surface area contributed by atoms with Crippen LogP contribution in [0.15, 0.2) is 18.3 Å². The summed E-state index contributed by atoms with van der Waals surface area (Å²) in [5.41, 5.74) is 0.770. The second-order valence-electron chi connectivity index (χ2n) is 3.89. The van der Waals surface area contributed by atoms with Gasteiger partial charge >= 0.3 is 5.97 Å². The third-order valence-electron chi connectivity index (χ3n) is 2.49.